The average Bonchev–Trinajstić information content (AvgIpc) is 3.40. The molecule has 1 saturated carbocycles. The molecule has 238 valence electrons. The second-order valence-corrected chi connectivity index (χ2v) is 12.3. The van der Waals surface area contributed by atoms with Crippen molar-refractivity contribution in [3.05, 3.63) is 46.5 Å². The molecule has 0 spiro atoms. The van der Waals surface area contributed by atoms with Gasteiger partial charge < -0.3 is 29.6 Å². The number of halogens is 1. The predicted octanol–water partition coefficient (Wildman–Crippen LogP) is 3.52. The largest absolute Gasteiger partial charge is 0.443 e. The van der Waals surface area contributed by atoms with Crippen LogP contribution in [0.5, 0.6) is 0 Å². The number of nitrogens with one attached hydrogen (secondary N) is 2. The third-order valence-electron chi connectivity index (χ3n) is 8.13. The number of anilines is 3. The summed E-state index contributed by atoms with van der Waals surface area (Å²) in [5.41, 5.74) is -0.292. The van der Waals surface area contributed by atoms with Crippen LogP contribution in [0.1, 0.15) is 62.9 Å². The van der Waals surface area contributed by atoms with Gasteiger partial charge in [0.2, 0.25) is 0 Å². The third-order valence-corrected chi connectivity index (χ3v) is 8.13. The molecule has 2 atom stereocenters. The quantitative estimate of drug-likeness (QED) is 0.372. The van der Waals surface area contributed by atoms with E-state index in [1.165, 1.54) is 22.7 Å². The molecule has 0 bridgehead atoms. The van der Waals surface area contributed by atoms with Crippen LogP contribution in [-0.2, 0) is 9.47 Å². The molecule has 0 radical (unpaired) electrons. The van der Waals surface area contributed by atoms with E-state index in [4.69, 9.17) is 9.47 Å². The monoisotopic (exact) mass is 612 g/mol. The fourth-order valence-corrected chi connectivity index (χ4v) is 5.57. The zero-order valence-corrected chi connectivity index (χ0v) is 25.9. The lowest BCUT2D eigenvalue weighted by Crippen LogP contribution is -2.51. The summed E-state index contributed by atoms with van der Waals surface area (Å²) in [5.74, 6) is 0.146. The number of carbonyl (C=O) groups excluding carboxylic acids is 2. The van der Waals surface area contributed by atoms with Crippen LogP contribution in [0.3, 0.4) is 0 Å². The number of nitrogens with zero attached hydrogens (tertiary/aromatic N) is 6. The molecule has 3 aromatic rings. The second kappa shape index (κ2) is 12.9. The molecule has 13 nitrogen and oxygen atoms in total. The van der Waals surface area contributed by atoms with Crippen LogP contribution >= 0.6 is 0 Å². The van der Waals surface area contributed by atoms with Gasteiger partial charge >= 0.3 is 6.09 Å². The van der Waals surface area contributed by atoms with Gasteiger partial charge in [-0.25, -0.2) is 14.2 Å². The number of amides is 2. The molecule has 2 amide bonds. The Morgan fingerprint density at radius 1 is 1.18 bits per heavy atom. The summed E-state index contributed by atoms with van der Waals surface area (Å²) >= 11 is 0. The SMILES string of the molecule is COC1CC[C@H]1NC(=O)c1cnn2c(N(C)C(=O)OC(C)(C)C)cc(Nc3cccn(C4CCN(CCF)CC4)c3=O)nc12. The number of piperidine rings is 1. The molecule has 1 aliphatic heterocycles. The number of methoxy groups -OCH3 is 1. The predicted molar refractivity (Wildman–Crippen MR) is 164 cm³/mol. The molecule has 1 unspecified atom stereocenters. The van der Waals surface area contributed by atoms with Crippen molar-refractivity contribution in [2.24, 2.45) is 0 Å². The Hall–Kier alpha value is -4.04. The van der Waals surface area contributed by atoms with E-state index in [2.05, 4.69) is 25.6 Å². The van der Waals surface area contributed by atoms with Crippen molar-refractivity contribution in [2.75, 3.05) is 50.7 Å². The third kappa shape index (κ3) is 6.70. The number of aromatic nitrogens is 4. The van der Waals surface area contributed by atoms with Crippen molar-refractivity contribution in [3.8, 4) is 0 Å². The second-order valence-electron chi connectivity index (χ2n) is 12.3. The molecule has 2 N–H and O–H groups in total. The molecule has 4 heterocycles. The maximum atomic E-state index is 13.6. The van der Waals surface area contributed by atoms with Gasteiger partial charge in [-0.1, -0.05) is 0 Å². The van der Waals surface area contributed by atoms with Crippen LogP contribution in [0.2, 0.25) is 0 Å². The summed E-state index contributed by atoms with van der Waals surface area (Å²) in [5, 5.41) is 10.5. The maximum Gasteiger partial charge on any atom is 0.415 e. The van der Waals surface area contributed by atoms with Gasteiger partial charge in [0, 0.05) is 52.1 Å². The van der Waals surface area contributed by atoms with Gasteiger partial charge in [-0.15, -0.1) is 0 Å². The van der Waals surface area contributed by atoms with E-state index in [1.807, 2.05) is 0 Å². The van der Waals surface area contributed by atoms with Crippen LogP contribution in [0.4, 0.5) is 26.5 Å². The Balaban J connectivity index is 1.48. The Bertz CT molecular complexity index is 1560. The summed E-state index contributed by atoms with van der Waals surface area (Å²) in [6, 6.07) is 4.87. The topological polar surface area (TPSA) is 135 Å². The fraction of sp³-hybridized carbons (Fsp3) is 0.567. The van der Waals surface area contributed by atoms with E-state index in [0.717, 1.165) is 38.8 Å². The standard InChI is InChI=1S/C30H41FN8O5/c1-30(2,3)44-29(42)36(4)25-17-24(35-26-20(18-32-39(25)26)27(40)34-21-8-9-23(21)43-5)33-22-7-6-13-38(28(22)41)19-10-14-37(15-11-19)16-12-31/h6-7,13,17-19,21,23H,8-12,14-16H2,1-5H3,(H,33,35)(H,34,40)/t21-,23?/m1/s1. The van der Waals surface area contributed by atoms with Gasteiger partial charge in [-0.2, -0.15) is 9.61 Å². The highest BCUT2D eigenvalue weighted by atomic mass is 19.1. The van der Waals surface area contributed by atoms with Gasteiger partial charge in [0.25, 0.3) is 11.5 Å². The highest BCUT2D eigenvalue weighted by Crippen LogP contribution is 2.27. The number of alkyl halides is 1. The summed E-state index contributed by atoms with van der Waals surface area (Å²) in [7, 11) is 3.15. The normalized spacial score (nSPS) is 19.4. The number of hydrogen-bond acceptors (Lipinski definition) is 9. The summed E-state index contributed by atoms with van der Waals surface area (Å²) in [6.45, 7) is 6.75. The molecular weight excluding hydrogens is 571 g/mol. The molecular formula is C30H41FN8O5. The van der Waals surface area contributed by atoms with E-state index in [0.29, 0.717) is 6.54 Å². The fourth-order valence-electron chi connectivity index (χ4n) is 5.57. The molecule has 2 aliphatic rings. The molecule has 1 aliphatic carbocycles. The van der Waals surface area contributed by atoms with Crippen molar-refractivity contribution < 1.29 is 23.5 Å². The van der Waals surface area contributed by atoms with Crippen molar-refractivity contribution in [3.63, 3.8) is 0 Å². The van der Waals surface area contributed by atoms with Crippen LogP contribution in [-0.4, -0.2) is 94.3 Å². The molecule has 1 saturated heterocycles. The lowest BCUT2D eigenvalue weighted by molar-refractivity contribution is 0.00732. The van der Waals surface area contributed by atoms with E-state index < -0.39 is 11.7 Å². The van der Waals surface area contributed by atoms with Crippen LogP contribution in [0.25, 0.3) is 5.65 Å². The molecule has 5 rings (SSSR count). The van der Waals surface area contributed by atoms with E-state index in [9.17, 15) is 18.8 Å². The number of likely N-dealkylation sites (tertiary alicyclic amines) is 1. The average molecular weight is 613 g/mol. The van der Waals surface area contributed by atoms with Gasteiger partial charge in [-0.3, -0.25) is 14.5 Å². The lowest BCUT2D eigenvalue weighted by atomic mass is 9.89. The number of ether oxygens (including phenoxy) is 2. The highest BCUT2D eigenvalue weighted by molar-refractivity contribution is 6.00. The summed E-state index contributed by atoms with van der Waals surface area (Å²) < 4.78 is 26.9. The summed E-state index contributed by atoms with van der Waals surface area (Å²) in [6.07, 6.45) is 5.60. The van der Waals surface area contributed by atoms with E-state index >= 15 is 0 Å². The minimum absolute atomic E-state index is 0.0167. The maximum absolute atomic E-state index is 13.6. The zero-order chi connectivity index (χ0) is 31.6. The first-order valence-electron chi connectivity index (χ1n) is 14.9. The molecule has 44 heavy (non-hydrogen) atoms. The van der Waals surface area contributed by atoms with Crippen LogP contribution in [0.15, 0.2) is 35.4 Å². The molecule has 2 fully saturated rings. The number of hydrogen-bond donors (Lipinski definition) is 2. The Morgan fingerprint density at radius 3 is 2.57 bits per heavy atom. The van der Waals surface area contributed by atoms with Gasteiger partial charge in [0.05, 0.1) is 18.3 Å². The molecule has 14 heteroatoms. The minimum atomic E-state index is -0.745. The number of rotatable bonds is 9. The highest BCUT2D eigenvalue weighted by Gasteiger charge is 2.33. The van der Waals surface area contributed by atoms with Crippen LogP contribution < -0.4 is 21.1 Å². The van der Waals surface area contributed by atoms with E-state index in [1.54, 1.807) is 56.8 Å². The molecule has 0 aromatic carbocycles. The van der Waals surface area contributed by atoms with Gasteiger partial charge in [-0.05, 0) is 58.6 Å². The first-order valence-corrected chi connectivity index (χ1v) is 14.9. The zero-order valence-electron chi connectivity index (χ0n) is 25.9. The van der Waals surface area contributed by atoms with Gasteiger partial charge in [0.1, 0.15) is 35.2 Å². The first-order chi connectivity index (χ1) is 21.0. The smallest absolute Gasteiger partial charge is 0.415 e. The first kappa shape index (κ1) is 31.4. The van der Waals surface area contributed by atoms with E-state index in [-0.39, 0.29) is 64.9 Å². The van der Waals surface area contributed by atoms with Crippen molar-refractivity contribution in [1.82, 2.24) is 29.4 Å². The lowest BCUT2D eigenvalue weighted by Gasteiger charge is -2.35. The van der Waals surface area contributed by atoms with Crippen LogP contribution in [0, 0.1) is 0 Å². The number of pyridine rings is 1. The van der Waals surface area contributed by atoms with Crippen molar-refractivity contribution in [2.45, 2.75) is 70.2 Å². The number of carbonyl (C=O) groups is 2. The van der Waals surface area contributed by atoms with Crippen molar-refractivity contribution in [1.29, 1.82) is 0 Å². The Labute approximate surface area is 255 Å². The van der Waals surface area contributed by atoms with Crippen molar-refractivity contribution >= 4 is 35.0 Å². The minimum Gasteiger partial charge on any atom is -0.443 e. The Morgan fingerprint density at radius 2 is 1.93 bits per heavy atom. The summed E-state index contributed by atoms with van der Waals surface area (Å²) in [4.78, 5) is 48.0. The van der Waals surface area contributed by atoms with Gasteiger partial charge in [0.15, 0.2) is 5.65 Å². The number of fused-ring (bicyclic) bond motifs is 1. The Kier molecular flexibility index (Phi) is 9.20. The molecule has 3 aromatic heterocycles.